The first-order valence-corrected chi connectivity index (χ1v) is 8.32. The number of aromatic nitrogens is 2. The van der Waals surface area contributed by atoms with E-state index < -0.39 is 5.97 Å². The van der Waals surface area contributed by atoms with E-state index in [9.17, 15) is 4.79 Å². The van der Waals surface area contributed by atoms with Crippen molar-refractivity contribution in [1.29, 1.82) is 0 Å². The van der Waals surface area contributed by atoms with Gasteiger partial charge in [-0.15, -0.1) is 0 Å². The van der Waals surface area contributed by atoms with E-state index in [4.69, 9.17) is 27.9 Å². The molecule has 2 N–H and O–H groups in total. The maximum Gasteiger partial charge on any atom is 0.337 e. The summed E-state index contributed by atoms with van der Waals surface area (Å²) < 4.78 is 4.72. The SMILES string of the molecule is COC(=O)c1cccc(Nc2nccc(Nc3c(Cl)cccc3Cl)n2)c1. The standard InChI is InChI=1S/C18H14Cl2N4O2/c1-26-17(25)11-4-2-5-12(10-11)22-18-21-9-8-15(24-18)23-16-13(19)6-3-7-14(16)20/h2-10H,1H3,(H2,21,22,23,24). The number of ether oxygens (including phenoxy) is 1. The molecule has 0 unspecified atom stereocenters. The van der Waals surface area contributed by atoms with Crippen molar-refractivity contribution < 1.29 is 9.53 Å². The third kappa shape index (κ3) is 4.22. The average molecular weight is 389 g/mol. The summed E-state index contributed by atoms with van der Waals surface area (Å²) in [5.74, 6) is 0.445. The number of nitrogens with one attached hydrogen (secondary N) is 2. The first-order valence-electron chi connectivity index (χ1n) is 7.56. The minimum absolute atomic E-state index is 0.347. The number of nitrogens with zero attached hydrogens (tertiary/aromatic N) is 2. The Labute approximate surface area is 160 Å². The number of rotatable bonds is 5. The van der Waals surface area contributed by atoms with Crippen molar-refractivity contribution >= 4 is 52.3 Å². The molecule has 1 heterocycles. The van der Waals surface area contributed by atoms with Crippen LogP contribution in [0.5, 0.6) is 0 Å². The van der Waals surface area contributed by atoms with Gasteiger partial charge in [-0.2, -0.15) is 4.98 Å². The zero-order valence-electron chi connectivity index (χ0n) is 13.7. The predicted molar refractivity (Wildman–Crippen MR) is 103 cm³/mol. The molecule has 26 heavy (non-hydrogen) atoms. The molecule has 0 spiro atoms. The molecule has 0 amide bonds. The molecule has 0 radical (unpaired) electrons. The highest BCUT2D eigenvalue weighted by Gasteiger charge is 2.09. The Bertz CT molecular complexity index is 930. The van der Waals surface area contributed by atoms with Gasteiger partial charge in [-0.3, -0.25) is 0 Å². The molecule has 3 aromatic rings. The van der Waals surface area contributed by atoms with Crippen molar-refractivity contribution in [3.05, 3.63) is 70.3 Å². The Hall–Kier alpha value is -2.83. The molecular formula is C18H14Cl2N4O2. The second kappa shape index (κ2) is 8.03. The largest absolute Gasteiger partial charge is 0.465 e. The van der Waals surface area contributed by atoms with E-state index in [2.05, 4.69) is 20.6 Å². The van der Waals surface area contributed by atoms with Crippen LogP contribution < -0.4 is 10.6 Å². The summed E-state index contributed by atoms with van der Waals surface area (Å²) >= 11 is 12.3. The van der Waals surface area contributed by atoms with E-state index in [-0.39, 0.29) is 0 Å². The van der Waals surface area contributed by atoms with Crippen LogP contribution in [-0.2, 0) is 4.74 Å². The minimum Gasteiger partial charge on any atom is -0.465 e. The van der Waals surface area contributed by atoms with Gasteiger partial charge in [0.1, 0.15) is 5.82 Å². The molecule has 2 aromatic carbocycles. The van der Waals surface area contributed by atoms with Gasteiger partial charge in [-0.1, -0.05) is 35.3 Å². The number of esters is 1. The predicted octanol–water partition coefficient (Wildman–Crippen LogP) is 5.06. The van der Waals surface area contributed by atoms with Crippen LogP contribution in [0.15, 0.2) is 54.7 Å². The molecule has 6 nitrogen and oxygen atoms in total. The Balaban J connectivity index is 1.81. The van der Waals surface area contributed by atoms with Crippen LogP contribution in [0.1, 0.15) is 10.4 Å². The maximum absolute atomic E-state index is 11.6. The molecule has 0 atom stereocenters. The smallest absolute Gasteiger partial charge is 0.337 e. The van der Waals surface area contributed by atoms with Gasteiger partial charge in [0.25, 0.3) is 0 Å². The molecule has 0 saturated carbocycles. The minimum atomic E-state index is -0.418. The number of anilines is 4. The van der Waals surface area contributed by atoms with Crippen molar-refractivity contribution in [3.63, 3.8) is 0 Å². The van der Waals surface area contributed by atoms with E-state index in [1.807, 2.05) is 0 Å². The summed E-state index contributed by atoms with van der Waals surface area (Å²) in [6.45, 7) is 0. The normalized spacial score (nSPS) is 10.3. The van der Waals surface area contributed by atoms with Crippen LogP contribution in [0.25, 0.3) is 0 Å². The van der Waals surface area contributed by atoms with E-state index >= 15 is 0 Å². The molecule has 0 fully saturated rings. The van der Waals surface area contributed by atoms with Gasteiger partial charge in [-0.05, 0) is 36.4 Å². The van der Waals surface area contributed by atoms with Crippen molar-refractivity contribution in [2.24, 2.45) is 0 Å². The van der Waals surface area contributed by atoms with Crippen LogP contribution >= 0.6 is 23.2 Å². The molecule has 132 valence electrons. The van der Waals surface area contributed by atoms with Crippen LogP contribution in [0.4, 0.5) is 23.1 Å². The molecule has 0 aliphatic heterocycles. The number of para-hydroxylation sites is 1. The first-order chi connectivity index (χ1) is 12.6. The highest BCUT2D eigenvalue weighted by molar-refractivity contribution is 6.39. The molecule has 0 aliphatic rings. The van der Waals surface area contributed by atoms with Gasteiger partial charge >= 0.3 is 5.97 Å². The fraction of sp³-hybridized carbons (Fsp3) is 0.0556. The highest BCUT2D eigenvalue weighted by Crippen LogP contribution is 2.32. The Morgan fingerprint density at radius 2 is 1.77 bits per heavy atom. The summed E-state index contributed by atoms with van der Waals surface area (Å²) in [6.07, 6.45) is 1.59. The van der Waals surface area contributed by atoms with Gasteiger partial charge in [0, 0.05) is 11.9 Å². The zero-order chi connectivity index (χ0) is 18.5. The number of hydrogen-bond acceptors (Lipinski definition) is 6. The van der Waals surface area contributed by atoms with E-state index in [0.717, 1.165) is 0 Å². The lowest BCUT2D eigenvalue weighted by Crippen LogP contribution is -2.03. The molecule has 3 rings (SSSR count). The van der Waals surface area contributed by atoms with Gasteiger partial charge < -0.3 is 15.4 Å². The van der Waals surface area contributed by atoms with Crippen LogP contribution in [0.2, 0.25) is 10.0 Å². The summed E-state index contributed by atoms with van der Waals surface area (Å²) in [6, 6.07) is 13.8. The summed E-state index contributed by atoms with van der Waals surface area (Å²) in [5, 5.41) is 7.08. The van der Waals surface area contributed by atoms with Gasteiger partial charge in [0.05, 0.1) is 28.4 Å². The molecule has 0 bridgehead atoms. The lowest BCUT2D eigenvalue weighted by atomic mass is 10.2. The van der Waals surface area contributed by atoms with E-state index in [0.29, 0.717) is 38.7 Å². The molecule has 1 aromatic heterocycles. The monoisotopic (exact) mass is 388 g/mol. The van der Waals surface area contributed by atoms with Crippen LogP contribution in [0.3, 0.4) is 0 Å². The third-order valence-electron chi connectivity index (χ3n) is 3.41. The molecule has 0 aliphatic carbocycles. The van der Waals surface area contributed by atoms with Gasteiger partial charge in [-0.25, -0.2) is 9.78 Å². The number of halogens is 2. The fourth-order valence-electron chi connectivity index (χ4n) is 2.20. The van der Waals surface area contributed by atoms with Crippen LogP contribution in [-0.4, -0.2) is 23.0 Å². The summed E-state index contributed by atoms with van der Waals surface area (Å²) in [5.41, 5.74) is 1.64. The lowest BCUT2D eigenvalue weighted by Gasteiger charge is -2.11. The number of hydrogen-bond donors (Lipinski definition) is 2. The third-order valence-corrected chi connectivity index (χ3v) is 4.04. The van der Waals surface area contributed by atoms with Crippen molar-refractivity contribution in [1.82, 2.24) is 9.97 Å². The number of methoxy groups -OCH3 is 1. The van der Waals surface area contributed by atoms with E-state index in [1.54, 1.807) is 54.7 Å². The lowest BCUT2D eigenvalue weighted by molar-refractivity contribution is 0.0601. The molecule has 8 heteroatoms. The fourth-order valence-corrected chi connectivity index (χ4v) is 2.70. The highest BCUT2D eigenvalue weighted by atomic mass is 35.5. The summed E-state index contributed by atoms with van der Waals surface area (Å²) in [4.78, 5) is 20.2. The first kappa shape index (κ1) is 18.0. The van der Waals surface area contributed by atoms with Crippen LogP contribution in [0, 0.1) is 0 Å². The van der Waals surface area contributed by atoms with E-state index in [1.165, 1.54) is 7.11 Å². The number of carbonyl (C=O) groups excluding carboxylic acids is 1. The molecule has 0 saturated heterocycles. The average Bonchev–Trinajstić information content (AvgIpc) is 2.65. The Morgan fingerprint density at radius 1 is 1.04 bits per heavy atom. The quantitative estimate of drug-likeness (QED) is 0.595. The second-order valence-corrected chi connectivity index (χ2v) is 6.00. The Kier molecular flexibility index (Phi) is 5.55. The molecular weight excluding hydrogens is 375 g/mol. The maximum atomic E-state index is 11.6. The van der Waals surface area contributed by atoms with Crippen molar-refractivity contribution in [2.75, 3.05) is 17.7 Å². The summed E-state index contributed by atoms with van der Waals surface area (Å²) in [7, 11) is 1.33. The van der Waals surface area contributed by atoms with Gasteiger partial charge in [0.15, 0.2) is 0 Å². The second-order valence-electron chi connectivity index (χ2n) is 5.18. The number of benzene rings is 2. The van der Waals surface area contributed by atoms with Crippen molar-refractivity contribution in [2.45, 2.75) is 0 Å². The topological polar surface area (TPSA) is 76.1 Å². The van der Waals surface area contributed by atoms with Gasteiger partial charge in [0.2, 0.25) is 5.95 Å². The Morgan fingerprint density at radius 3 is 2.50 bits per heavy atom. The van der Waals surface area contributed by atoms with Crippen molar-refractivity contribution in [3.8, 4) is 0 Å². The number of carbonyl (C=O) groups is 1. The zero-order valence-corrected chi connectivity index (χ0v) is 15.2.